The van der Waals surface area contributed by atoms with Gasteiger partial charge in [0, 0.05) is 19.6 Å². The Morgan fingerprint density at radius 2 is 1.65 bits per heavy atom. The number of amides is 3. The smallest absolute Gasteiger partial charge is 0.250 e. The van der Waals surface area contributed by atoms with Crippen molar-refractivity contribution in [1.29, 1.82) is 0 Å². The number of aromatic nitrogens is 3. The SMILES string of the molecule is CCCN1CC=C[C@@]2(CC)O[C@]34C=CCN(Cn5nnc6ccccc65)C(=O)C3N([C@@H](CO)Cc3ccccc3)C(=O)[C@@H]4[C@H]2C1=O. The minimum absolute atomic E-state index is 0.108. The van der Waals surface area contributed by atoms with Crippen molar-refractivity contribution >= 4 is 28.8 Å². The number of likely N-dealkylation sites (tertiary alicyclic amines) is 1. The molecule has 2 fully saturated rings. The molecule has 3 aromatic rings. The number of carbonyl (C=O) groups is 3. The molecule has 0 aliphatic carbocycles. The normalized spacial score (nSPS) is 29.6. The van der Waals surface area contributed by atoms with Crippen molar-refractivity contribution in [2.24, 2.45) is 11.8 Å². The number of nitrogens with zero attached hydrogens (tertiary/aromatic N) is 6. The molecule has 5 heterocycles. The summed E-state index contributed by atoms with van der Waals surface area (Å²) >= 11 is 0. The zero-order valence-electron chi connectivity index (χ0n) is 26.2. The van der Waals surface area contributed by atoms with E-state index in [1.54, 1.807) is 14.5 Å². The van der Waals surface area contributed by atoms with Gasteiger partial charge in [-0.3, -0.25) is 14.4 Å². The van der Waals surface area contributed by atoms with Crippen LogP contribution in [0.25, 0.3) is 11.0 Å². The van der Waals surface area contributed by atoms with Crippen LogP contribution in [0.4, 0.5) is 0 Å². The number of rotatable bonds is 9. The predicted molar refractivity (Wildman–Crippen MR) is 170 cm³/mol. The van der Waals surface area contributed by atoms with Crippen molar-refractivity contribution in [3.63, 3.8) is 0 Å². The van der Waals surface area contributed by atoms with Gasteiger partial charge in [0.1, 0.15) is 23.8 Å². The molecule has 2 aromatic carbocycles. The number of hydrogen-bond acceptors (Lipinski definition) is 7. The molecule has 1 N–H and O–H groups in total. The first-order valence-corrected chi connectivity index (χ1v) is 16.3. The fourth-order valence-electron chi connectivity index (χ4n) is 8.11. The first-order valence-electron chi connectivity index (χ1n) is 16.3. The maximum Gasteiger partial charge on any atom is 0.250 e. The van der Waals surface area contributed by atoms with Crippen LogP contribution in [-0.4, -0.2) is 102 Å². The van der Waals surface area contributed by atoms with Crippen molar-refractivity contribution in [3.05, 3.63) is 84.5 Å². The summed E-state index contributed by atoms with van der Waals surface area (Å²) in [5, 5.41) is 19.4. The Labute approximate surface area is 268 Å². The molecule has 7 rings (SSSR count). The summed E-state index contributed by atoms with van der Waals surface area (Å²) < 4.78 is 8.77. The number of benzene rings is 2. The first kappa shape index (κ1) is 30.3. The highest BCUT2D eigenvalue weighted by molar-refractivity contribution is 6.00. The average Bonchev–Trinajstić information content (AvgIpc) is 3.62. The Morgan fingerprint density at radius 1 is 0.913 bits per heavy atom. The van der Waals surface area contributed by atoms with Gasteiger partial charge in [0.2, 0.25) is 11.8 Å². The molecule has 0 bridgehead atoms. The minimum atomic E-state index is -1.41. The van der Waals surface area contributed by atoms with Crippen LogP contribution in [0.5, 0.6) is 0 Å². The molecule has 4 aliphatic heterocycles. The molecule has 0 saturated carbocycles. The zero-order valence-corrected chi connectivity index (χ0v) is 26.2. The molecule has 240 valence electrons. The Bertz CT molecular complexity index is 1710. The molecular formula is C35H40N6O5. The van der Waals surface area contributed by atoms with Crippen LogP contribution in [0.15, 0.2) is 78.9 Å². The molecule has 1 aromatic heterocycles. The molecule has 1 unspecified atom stereocenters. The fourth-order valence-corrected chi connectivity index (χ4v) is 8.11. The highest BCUT2D eigenvalue weighted by atomic mass is 16.5. The van der Waals surface area contributed by atoms with E-state index in [1.807, 2.05) is 92.7 Å². The van der Waals surface area contributed by atoms with Crippen LogP contribution >= 0.6 is 0 Å². The van der Waals surface area contributed by atoms with E-state index in [0.717, 1.165) is 17.5 Å². The molecule has 11 nitrogen and oxygen atoms in total. The maximum absolute atomic E-state index is 14.9. The fraction of sp³-hybridized carbons (Fsp3) is 0.457. The van der Waals surface area contributed by atoms with Crippen molar-refractivity contribution in [1.82, 2.24) is 29.7 Å². The number of aliphatic hydroxyl groups excluding tert-OH is 1. The Hall–Kier alpha value is -4.35. The van der Waals surface area contributed by atoms with E-state index in [0.29, 0.717) is 31.4 Å². The van der Waals surface area contributed by atoms with Crippen molar-refractivity contribution in [2.75, 3.05) is 26.2 Å². The van der Waals surface area contributed by atoms with E-state index in [9.17, 15) is 19.5 Å². The second-order valence-corrected chi connectivity index (χ2v) is 12.8. The van der Waals surface area contributed by atoms with Crippen LogP contribution in [0.1, 0.15) is 32.3 Å². The molecule has 1 spiro atoms. The second kappa shape index (κ2) is 11.8. The topological polar surface area (TPSA) is 121 Å². The Kier molecular flexibility index (Phi) is 7.76. The van der Waals surface area contributed by atoms with Gasteiger partial charge in [-0.2, -0.15) is 0 Å². The average molecular weight is 625 g/mol. The van der Waals surface area contributed by atoms with E-state index in [1.165, 1.54) is 4.90 Å². The number of para-hydroxylation sites is 1. The molecule has 0 radical (unpaired) electrons. The van der Waals surface area contributed by atoms with Crippen molar-refractivity contribution in [3.8, 4) is 0 Å². The van der Waals surface area contributed by atoms with Crippen LogP contribution in [0.3, 0.4) is 0 Å². The lowest BCUT2D eigenvalue weighted by Crippen LogP contribution is -2.59. The van der Waals surface area contributed by atoms with Gasteiger partial charge in [-0.15, -0.1) is 5.10 Å². The van der Waals surface area contributed by atoms with Crippen LogP contribution in [0, 0.1) is 11.8 Å². The number of hydrogen-bond donors (Lipinski definition) is 1. The lowest BCUT2D eigenvalue weighted by atomic mass is 9.73. The van der Waals surface area contributed by atoms with E-state index >= 15 is 0 Å². The third-order valence-electron chi connectivity index (χ3n) is 10.2. The molecule has 3 amide bonds. The van der Waals surface area contributed by atoms with E-state index in [2.05, 4.69) is 10.3 Å². The van der Waals surface area contributed by atoms with Gasteiger partial charge in [0.15, 0.2) is 0 Å². The quantitative estimate of drug-likeness (QED) is 0.364. The van der Waals surface area contributed by atoms with E-state index in [-0.39, 0.29) is 37.5 Å². The van der Waals surface area contributed by atoms with E-state index < -0.39 is 35.1 Å². The number of aliphatic hydroxyl groups is 1. The van der Waals surface area contributed by atoms with Gasteiger partial charge >= 0.3 is 0 Å². The summed E-state index contributed by atoms with van der Waals surface area (Å²) in [6.45, 7) is 4.99. The summed E-state index contributed by atoms with van der Waals surface area (Å²) in [6, 6.07) is 15.3. The van der Waals surface area contributed by atoms with Gasteiger partial charge in [0.25, 0.3) is 5.91 Å². The molecule has 46 heavy (non-hydrogen) atoms. The summed E-state index contributed by atoms with van der Waals surface area (Å²) in [5.41, 5.74) is -0.0460. The lowest BCUT2D eigenvalue weighted by molar-refractivity contribution is -0.158. The largest absolute Gasteiger partial charge is 0.394 e. The van der Waals surface area contributed by atoms with Gasteiger partial charge in [-0.1, -0.05) is 85.8 Å². The molecule has 11 heteroatoms. The third kappa shape index (κ3) is 4.59. The number of fused-ring (bicyclic) bond motifs is 3. The predicted octanol–water partition coefficient (Wildman–Crippen LogP) is 2.56. The summed E-state index contributed by atoms with van der Waals surface area (Å²) in [4.78, 5) is 49.2. The lowest BCUT2D eigenvalue weighted by Gasteiger charge is -2.40. The van der Waals surface area contributed by atoms with Gasteiger partial charge in [0.05, 0.1) is 35.6 Å². The van der Waals surface area contributed by atoms with Gasteiger partial charge in [-0.05, 0) is 37.0 Å². The minimum Gasteiger partial charge on any atom is -0.394 e. The summed E-state index contributed by atoms with van der Waals surface area (Å²) in [7, 11) is 0. The van der Waals surface area contributed by atoms with E-state index in [4.69, 9.17) is 4.74 Å². The first-order chi connectivity index (χ1) is 22.4. The van der Waals surface area contributed by atoms with Crippen LogP contribution in [0.2, 0.25) is 0 Å². The zero-order chi connectivity index (χ0) is 32.1. The molecular weight excluding hydrogens is 584 g/mol. The summed E-state index contributed by atoms with van der Waals surface area (Å²) in [6.07, 6.45) is 9.21. The van der Waals surface area contributed by atoms with Crippen molar-refractivity contribution < 1.29 is 24.2 Å². The standard InChI is InChI=1S/C35H40N6O5/c1-3-18-38-19-10-16-34(4-2)28(31(38)43)29-32(44)41(25(22-42)21-24-12-6-5-7-13-24)30-33(45)39(20-11-17-35(29,30)46-34)23-40-27-15-9-8-14-26(27)36-37-40/h5-17,25,28-30,42H,3-4,18-23H2,1-2H3/t25-,28+,29+,30?,34-,35+/m1/s1. The monoisotopic (exact) mass is 624 g/mol. The Morgan fingerprint density at radius 3 is 2.41 bits per heavy atom. The molecule has 4 aliphatic rings. The molecule has 6 atom stereocenters. The van der Waals surface area contributed by atoms with Gasteiger partial charge in [-0.25, -0.2) is 4.68 Å². The van der Waals surface area contributed by atoms with Crippen LogP contribution < -0.4 is 0 Å². The van der Waals surface area contributed by atoms with Gasteiger partial charge < -0.3 is 24.5 Å². The second-order valence-electron chi connectivity index (χ2n) is 12.8. The Balaban J connectivity index is 1.35. The highest BCUT2D eigenvalue weighted by Gasteiger charge is 2.75. The highest BCUT2D eigenvalue weighted by Crippen LogP contribution is 2.59. The maximum atomic E-state index is 14.9. The molecule has 2 saturated heterocycles. The van der Waals surface area contributed by atoms with Crippen molar-refractivity contribution in [2.45, 2.75) is 63.1 Å². The summed E-state index contributed by atoms with van der Waals surface area (Å²) in [5.74, 6) is -2.56. The third-order valence-corrected chi connectivity index (χ3v) is 10.2. The number of ether oxygens (including phenoxy) is 1. The number of carbonyl (C=O) groups excluding carboxylic acids is 3. The van der Waals surface area contributed by atoms with Crippen LogP contribution in [-0.2, 0) is 32.2 Å².